The molecule has 1 aromatic carbocycles. The van der Waals surface area contributed by atoms with Crippen LogP contribution in [0.2, 0.25) is 0 Å². The smallest absolute Gasteiger partial charge is 0.242 e. The van der Waals surface area contributed by atoms with Crippen LogP contribution in [0, 0.1) is 0 Å². The van der Waals surface area contributed by atoms with Crippen LogP contribution in [-0.2, 0) is 11.2 Å². The molecule has 0 saturated heterocycles. The molecule has 0 spiro atoms. The third-order valence-electron chi connectivity index (χ3n) is 3.55. The standard InChI is InChI=1S/C17H26N4O2.HI/c1-3-18-17(20-12-16(22)21-14-8-9-14)19-11-10-13-6-4-5-7-15(13)23-2;/h4-7,14H,3,8-12H2,1-2H3,(H,21,22)(H2,18,19,20);1H. The average Bonchev–Trinajstić information content (AvgIpc) is 3.37. The summed E-state index contributed by atoms with van der Waals surface area (Å²) < 4.78 is 5.35. The Labute approximate surface area is 160 Å². The van der Waals surface area contributed by atoms with E-state index in [1.165, 1.54) is 0 Å². The van der Waals surface area contributed by atoms with Crippen molar-refractivity contribution >= 4 is 35.8 Å². The van der Waals surface area contributed by atoms with Crippen LogP contribution in [0.1, 0.15) is 25.3 Å². The van der Waals surface area contributed by atoms with Gasteiger partial charge in [0.05, 0.1) is 7.11 Å². The molecule has 7 heteroatoms. The van der Waals surface area contributed by atoms with E-state index in [-0.39, 0.29) is 36.4 Å². The monoisotopic (exact) mass is 446 g/mol. The number of ether oxygens (including phenoxy) is 1. The van der Waals surface area contributed by atoms with Gasteiger partial charge in [-0.2, -0.15) is 0 Å². The largest absolute Gasteiger partial charge is 0.496 e. The van der Waals surface area contributed by atoms with Gasteiger partial charge in [-0.15, -0.1) is 24.0 Å². The van der Waals surface area contributed by atoms with Gasteiger partial charge in [0.15, 0.2) is 5.96 Å². The van der Waals surface area contributed by atoms with Crippen molar-refractivity contribution in [2.45, 2.75) is 32.2 Å². The maximum Gasteiger partial charge on any atom is 0.242 e. The molecule has 1 saturated carbocycles. The lowest BCUT2D eigenvalue weighted by Crippen LogP contribution is -2.39. The summed E-state index contributed by atoms with van der Waals surface area (Å²) in [6.45, 7) is 3.63. The zero-order valence-corrected chi connectivity index (χ0v) is 16.6. The Kier molecular flexibility index (Phi) is 9.51. The number of amides is 1. The highest BCUT2D eigenvalue weighted by Crippen LogP contribution is 2.18. The molecule has 6 nitrogen and oxygen atoms in total. The fourth-order valence-corrected chi connectivity index (χ4v) is 2.22. The van der Waals surface area contributed by atoms with Crippen molar-refractivity contribution in [1.82, 2.24) is 16.0 Å². The number of carbonyl (C=O) groups excluding carboxylic acids is 1. The number of carbonyl (C=O) groups is 1. The molecule has 0 aromatic heterocycles. The van der Waals surface area contributed by atoms with E-state index in [9.17, 15) is 4.79 Å². The quantitative estimate of drug-likeness (QED) is 0.323. The molecule has 2 rings (SSSR count). The lowest BCUT2D eigenvalue weighted by atomic mass is 10.1. The van der Waals surface area contributed by atoms with E-state index in [2.05, 4.69) is 20.9 Å². The molecule has 1 amide bonds. The zero-order chi connectivity index (χ0) is 16.5. The van der Waals surface area contributed by atoms with Crippen molar-refractivity contribution < 1.29 is 9.53 Å². The summed E-state index contributed by atoms with van der Waals surface area (Å²) in [6, 6.07) is 8.34. The van der Waals surface area contributed by atoms with Crippen LogP contribution in [0.4, 0.5) is 0 Å². The molecule has 1 fully saturated rings. The summed E-state index contributed by atoms with van der Waals surface area (Å²) in [5, 5.41) is 9.33. The van der Waals surface area contributed by atoms with Crippen molar-refractivity contribution in [3.05, 3.63) is 29.8 Å². The highest BCUT2D eigenvalue weighted by Gasteiger charge is 2.22. The Morgan fingerprint density at radius 3 is 2.71 bits per heavy atom. The molecule has 3 N–H and O–H groups in total. The molecule has 0 atom stereocenters. The topological polar surface area (TPSA) is 74.8 Å². The van der Waals surface area contributed by atoms with Crippen LogP contribution < -0.4 is 20.7 Å². The van der Waals surface area contributed by atoms with Gasteiger partial charge >= 0.3 is 0 Å². The normalized spacial score (nSPS) is 13.7. The van der Waals surface area contributed by atoms with E-state index >= 15 is 0 Å². The molecular weight excluding hydrogens is 419 g/mol. The number of halogens is 1. The minimum Gasteiger partial charge on any atom is -0.496 e. The maximum atomic E-state index is 11.7. The first kappa shape index (κ1) is 20.5. The van der Waals surface area contributed by atoms with Crippen molar-refractivity contribution in [3.8, 4) is 5.75 Å². The molecule has 0 radical (unpaired) electrons. The Morgan fingerprint density at radius 2 is 2.04 bits per heavy atom. The summed E-state index contributed by atoms with van der Waals surface area (Å²) in [5.74, 6) is 1.53. The van der Waals surface area contributed by atoms with E-state index in [4.69, 9.17) is 4.74 Å². The molecule has 1 aliphatic rings. The van der Waals surface area contributed by atoms with Gasteiger partial charge in [0, 0.05) is 19.1 Å². The second-order valence-corrected chi connectivity index (χ2v) is 5.53. The summed E-state index contributed by atoms with van der Waals surface area (Å²) in [7, 11) is 1.68. The second-order valence-electron chi connectivity index (χ2n) is 5.53. The van der Waals surface area contributed by atoms with Crippen LogP contribution in [-0.4, -0.2) is 44.7 Å². The molecule has 1 aromatic rings. The number of rotatable bonds is 8. The van der Waals surface area contributed by atoms with Crippen LogP contribution in [0.3, 0.4) is 0 Å². The first-order valence-corrected chi connectivity index (χ1v) is 8.16. The predicted molar refractivity (Wildman–Crippen MR) is 107 cm³/mol. The first-order valence-electron chi connectivity index (χ1n) is 8.16. The van der Waals surface area contributed by atoms with Gasteiger partial charge in [0.25, 0.3) is 0 Å². The van der Waals surface area contributed by atoms with E-state index in [0.29, 0.717) is 12.0 Å². The third-order valence-corrected chi connectivity index (χ3v) is 3.55. The highest BCUT2D eigenvalue weighted by atomic mass is 127. The SMILES string of the molecule is CCNC(=NCC(=O)NC1CC1)NCCc1ccccc1OC.I. The lowest BCUT2D eigenvalue weighted by molar-refractivity contribution is -0.119. The molecule has 0 unspecified atom stereocenters. The number of guanidine groups is 1. The van der Waals surface area contributed by atoms with Crippen LogP contribution in [0.5, 0.6) is 5.75 Å². The Balaban J connectivity index is 0.00000288. The van der Waals surface area contributed by atoms with Crippen molar-refractivity contribution in [2.75, 3.05) is 26.7 Å². The molecule has 0 heterocycles. The van der Waals surface area contributed by atoms with Crippen LogP contribution in [0.25, 0.3) is 0 Å². The number of nitrogens with zero attached hydrogens (tertiary/aromatic N) is 1. The minimum absolute atomic E-state index is 0. The fourth-order valence-electron chi connectivity index (χ4n) is 2.22. The first-order chi connectivity index (χ1) is 11.2. The number of para-hydroxylation sites is 1. The molecule has 1 aliphatic carbocycles. The Morgan fingerprint density at radius 1 is 1.29 bits per heavy atom. The summed E-state index contributed by atoms with van der Waals surface area (Å²) in [4.78, 5) is 16.0. The molecule has 24 heavy (non-hydrogen) atoms. The van der Waals surface area contributed by atoms with E-state index in [0.717, 1.165) is 43.7 Å². The fraction of sp³-hybridized carbons (Fsp3) is 0.529. The number of aliphatic imine (C=N–C) groups is 1. The van der Waals surface area contributed by atoms with Gasteiger partial charge in [-0.05, 0) is 37.8 Å². The number of hydrogen-bond acceptors (Lipinski definition) is 3. The summed E-state index contributed by atoms with van der Waals surface area (Å²) in [5.41, 5.74) is 1.14. The summed E-state index contributed by atoms with van der Waals surface area (Å²) in [6.07, 6.45) is 3.00. The van der Waals surface area contributed by atoms with Crippen molar-refractivity contribution in [3.63, 3.8) is 0 Å². The van der Waals surface area contributed by atoms with Gasteiger partial charge in [0.1, 0.15) is 12.3 Å². The zero-order valence-electron chi connectivity index (χ0n) is 14.3. The average molecular weight is 446 g/mol. The number of benzene rings is 1. The maximum absolute atomic E-state index is 11.7. The molecule has 134 valence electrons. The van der Waals surface area contributed by atoms with Gasteiger partial charge in [-0.1, -0.05) is 18.2 Å². The van der Waals surface area contributed by atoms with Crippen LogP contribution in [0.15, 0.2) is 29.3 Å². The van der Waals surface area contributed by atoms with Crippen molar-refractivity contribution in [1.29, 1.82) is 0 Å². The van der Waals surface area contributed by atoms with Crippen LogP contribution >= 0.6 is 24.0 Å². The third kappa shape index (κ3) is 7.37. The Hall–Kier alpha value is -1.51. The lowest BCUT2D eigenvalue weighted by Gasteiger charge is -2.12. The van der Waals surface area contributed by atoms with E-state index in [1.54, 1.807) is 7.11 Å². The molecule has 0 aliphatic heterocycles. The molecule has 0 bridgehead atoms. The molecular formula is C17H27IN4O2. The number of hydrogen-bond donors (Lipinski definition) is 3. The predicted octanol–water partition coefficient (Wildman–Crippen LogP) is 1.69. The van der Waals surface area contributed by atoms with E-state index < -0.39 is 0 Å². The summed E-state index contributed by atoms with van der Waals surface area (Å²) >= 11 is 0. The Bertz CT molecular complexity index is 547. The minimum atomic E-state index is -0.0190. The number of methoxy groups -OCH3 is 1. The van der Waals surface area contributed by atoms with Gasteiger partial charge < -0.3 is 20.7 Å². The van der Waals surface area contributed by atoms with Gasteiger partial charge in [-0.3, -0.25) is 4.79 Å². The highest BCUT2D eigenvalue weighted by molar-refractivity contribution is 14.0. The van der Waals surface area contributed by atoms with E-state index in [1.807, 2.05) is 31.2 Å². The van der Waals surface area contributed by atoms with Gasteiger partial charge in [-0.25, -0.2) is 4.99 Å². The van der Waals surface area contributed by atoms with Gasteiger partial charge in [0.2, 0.25) is 5.91 Å². The van der Waals surface area contributed by atoms with Crippen molar-refractivity contribution in [2.24, 2.45) is 4.99 Å². The number of nitrogens with one attached hydrogen (secondary N) is 3. The second kappa shape index (κ2) is 11.1.